The van der Waals surface area contributed by atoms with Crippen LogP contribution in [0.4, 0.5) is 0 Å². The molecule has 0 bridgehead atoms. The minimum atomic E-state index is -1.39. The van der Waals surface area contributed by atoms with E-state index in [2.05, 4.69) is 0 Å². The number of benzene rings is 3. The van der Waals surface area contributed by atoms with Crippen molar-refractivity contribution in [2.45, 2.75) is 30.3 Å². The largest absolute Gasteiger partial charge is 0.467 e. The Kier molecular flexibility index (Phi) is 6.73. The molecule has 3 aliphatic heterocycles. The third-order valence-corrected chi connectivity index (χ3v) is 9.06. The topological polar surface area (TPSA) is 79.3 Å². The van der Waals surface area contributed by atoms with Gasteiger partial charge in [-0.25, -0.2) is 4.79 Å². The van der Waals surface area contributed by atoms with Crippen LogP contribution in [-0.4, -0.2) is 58.0 Å². The van der Waals surface area contributed by atoms with E-state index >= 15 is 0 Å². The molecule has 3 aromatic carbocycles. The first kappa shape index (κ1) is 25.4. The lowest BCUT2D eigenvalue weighted by molar-refractivity contribution is -0.158. The number of carbonyl (C=O) groups excluding carboxylic acids is 3. The van der Waals surface area contributed by atoms with Crippen molar-refractivity contribution in [3.8, 4) is 0 Å². The summed E-state index contributed by atoms with van der Waals surface area (Å²) in [7, 11) is 1.35. The summed E-state index contributed by atoms with van der Waals surface area (Å²) in [5.74, 6) is -1.97. The van der Waals surface area contributed by atoms with Crippen molar-refractivity contribution in [2.75, 3.05) is 13.7 Å². The highest BCUT2D eigenvalue weighted by molar-refractivity contribution is 8.13. The number of hydrogen-bond acceptors (Lipinski definition) is 7. The monoisotopic (exact) mass is 539 g/mol. The van der Waals surface area contributed by atoms with Crippen LogP contribution >= 0.6 is 11.8 Å². The second kappa shape index (κ2) is 10.3. The molecular formula is C31H29N3O4S. The highest BCUT2D eigenvalue weighted by Crippen LogP contribution is 2.54. The highest BCUT2D eigenvalue weighted by atomic mass is 32.2. The van der Waals surface area contributed by atoms with Gasteiger partial charge in [0, 0.05) is 12.2 Å². The van der Waals surface area contributed by atoms with Crippen LogP contribution in [0.2, 0.25) is 0 Å². The number of amides is 2. The average molecular weight is 540 g/mol. The fourth-order valence-electron chi connectivity index (χ4n) is 6.34. The summed E-state index contributed by atoms with van der Waals surface area (Å²) in [5.41, 5.74) is 1.50. The van der Waals surface area contributed by atoms with E-state index < -0.39 is 29.4 Å². The fourth-order valence-corrected chi connectivity index (χ4v) is 7.43. The van der Waals surface area contributed by atoms with Gasteiger partial charge in [0.2, 0.25) is 11.8 Å². The molecule has 8 heteroatoms. The van der Waals surface area contributed by atoms with Gasteiger partial charge in [-0.1, -0.05) is 103 Å². The van der Waals surface area contributed by atoms with E-state index in [1.807, 2.05) is 95.9 Å². The average Bonchev–Trinajstić information content (AvgIpc) is 3.60. The quantitative estimate of drug-likeness (QED) is 0.335. The van der Waals surface area contributed by atoms with Crippen LogP contribution in [0.15, 0.2) is 96.0 Å². The molecule has 0 unspecified atom stereocenters. The third kappa shape index (κ3) is 4.23. The first-order valence-corrected chi connectivity index (χ1v) is 14.0. The number of hydrogen-bond donors (Lipinski definition) is 0. The van der Waals surface area contributed by atoms with Crippen molar-refractivity contribution in [3.05, 3.63) is 108 Å². The van der Waals surface area contributed by atoms with Crippen LogP contribution in [0.1, 0.15) is 16.7 Å². The summed E-state index contributed by atoms with van der Waals surface area (Å²) in [4.78, 5) is 50.2. The van der Waals surface area contributed by atoms with Gasteiger partial charge >= 0.3 is 5.97 Å². The number of ether oxygens (including phenoxy) is 1. The first-order chi connectivity index (χ1) is 19.0. The molecule has 4 atom stereocenters. The zero-order valence-electron chi connectivity index (χ0n) is 21.6. The van der Waals surface area contributed by atoms with Gasteiger partial charge in [-0.15, -0.1) is 0 Å². The molecule has 3 aromatic rings. The van der Waals surface area contributed by atoms with E-state index in [1.54, 1.807) is 0 Å². The zero-order chi connectivity index (χ0) is 27.0. The number of nitrogens with zero attached hydrogens (tertiary/aromatic N) is 3. The minimum absolute atomic E-state index is 0.178. The molecule has 0 N–H and O–H groups in total. The number of carbonyl (C=O) groups is 3. The van der Waals surface area contributed by atoms with Gasteiger partial charge < -0.3 is 9.64 Å². The Bertz CT molecular complexity index is 1420. The molecule has 0 radical (unpaired) electrons. The molecule has 198 valence electrons. The second-order valence-electron chi connectivity index (χ2n) is 10.2. The Morgan fingerprint density at radius 3 is 2.10 bits per heavy atom. The van der Waals surface area contributed by atoms with E-state index in [1.165, 1.54) is 23.8 Å². The summed E-state index contributed by atoms with van der Waals surface area (Å²) < 4.78 is 5.45. The van der Waals surface area contributed by atoms with E-state index in [-0.39, 0.29) is 24.8 Å². The van der Waals surface area contributed by atoms with Gasteiger partial charge in [0.15, 0.2) is 10.7 Å². The Hall–Kier alpha value is -3.91. The van der Waals surface area contributed by atoms with Gasteiger partial charge in [0.25, 0.3) is 0 Å². The Morgan fingerprint density at radius 1 is 0.897 bits per heavy atom. The Labute approximate surface area is 231 Å². The van der Waals surface area contributed by atoms with Crippen molar-refractivity contribution in [1.29, 1.82) is 0 Å². The van der Waals surface area contributed by atoms with Crippen LogP contribution in [0.5, 0.6) is 0 Å². The molecule has 6 rings (SSSR count). The second-order valence-corrected chi connectivity index (χ2v) is 11.1. The fraction of sp³-hybridized carbons (Fsp3) is 0.290. The van der Waals surface area contributed by atoms with E-state index in [4.69, 9.17) is 9.73 Å². The lowest BCUT2D eigenvalue weighted by Gasteiger charge is -2.40. The number of esters is 1. The molecule has 3 aliphatic rings. The van der Waals surface area contributed by atoms with Crippen molar-refractivity contribution in [2.24, 2.45) is 16.8 Å². The van der Waals surface area contributed by atoms with Crippen molar-refractivity contribution in [1.82, 2.24) is 9.80 Å². The van der Waals surface area contributed by atoms with Crippen LogP contribution in [-0.2, 0) is 37.8 Å². The lowest BCUT2D eigenvalue weighted by atomic mass is 9.76. The summed E-state index contributed by atoms with van der Waals surface area (Å²) in [5, 5.41) is 0.676. The first-order valence-electron chi connectivity index (χ1n) is 13.1. The number of likely N-dealkylation sites (tertiary alicyclic amines) is 1. The number of fused-ring (bicyclic) bond motifs is 3. The SMILES string of the molecule is COC(=O)[C@@]1(Cc2ccccc2)[C@H]2C(=O)N(Cc3ccccc3)C(=O)[C@H]2[C@H]2CN=C(SCc3ccccc3)N21. The Morgan fingerprint density at radius 2 is 1.49 bits per heavy atom. The van der Waals surface area contributed by atoms with Crippen LogP contribution in [0.3, 0.4) is 0 Å². The molecule has 0 saturated carbocycles. The molecule has 3 heterocycles. The predicted molar refractivity (Wildman–Crippen MR) is 150 cm³/mol. The number of methoxy groups -OCH3 is 1. The van der Waals surface area contributed by atoms with Gasteiger partial charge in [0.1, 0.15) is 0 Å². The number of imide groups is 1. The van der Waals surface area contributed by atoms with Gasteiger partial charge in [0.05, 0.1) is 38.1 Å². The molecule has 2 saturated heterocycles. The van der Waals surface area contributed by atoms with E-state index in [0.29, 0.717) is 17.5 Å². The maximum atomic E-state index is 14.2. The van der Waals surface area contributed by atoms with Crippen molar-refractivity contribution in [3.63, 3.8) is 0 Å². The molecule has 39 heavy (non-hydrogen) atoms. The van der Waals surface area contributed by atoms with Gasteiger partial charge in [-0.3, -0.25) is 19.5 Å². The van der Waals surface area contributed by atoms with E-state index in [9.17, 15) is 14.4 Å². The summed E-state index contributed by atoms with van der Waals surface area (Å²) in [6, 6.07) is 28.7. The minimum Gasteiger partial charge on any atom is -0.467 e. The smallest absolute Gasteiger partial charge is 0.333 e. The molecule has 0 aliphatic carbocycles. The van der Waals surface area contributed by atoms with Gasteiger partial charge in [-0.05, 0) is 16.7 Å². The summed E-state index contributed by atoms with van der Waals surface area (Å²) in [6.07, 6.45) is 0.237. The molecule has 2 fully saturated rings. The summed E-state index contributed by atoms with van der Waals surface area (Å²) in [6.45, 7) is 0.529. The third-order valence-electron chi connectivity index (χ3n) is 8.00. The standard InChI is InChI=1S/C31H29N3O4S/c1-38-29(37)31(17-21-11-5-2-6-12-21)26-25(27(35)33(28(26)36)19-22-13-7-3-8-14-22)24-18-32-30(34(24)31)39-20-23-15-9-4-10-16-23/h2-16,24-26H,17-20H2,1H3/t24-,25+,26-,31-/m1/s1. The van der Waals surface area contributed by atoms with Crippen LogP contribution in [0.25, 0.3) is 0 Å². The number of aliphatic imine (C=N–C) groups is 1. The summed E-state index contributed by atoms with van der Waals surface area (Å²) >= 11 is 1.53. The van der Waals surface area contributed by atoms with Crippen LogP contribution < -0.4 is 0 Å². The maximum absolute atomic E-state index is 14.2. The highest BCUT2D eigenvalue weighted by Gasteiger charge is 2.73. The normalized spacial score (nSPS) is 25.5. The zero-order valence-corrected chi connectivity index (χ0v) is 22.4. The number of rotatable bonds is 7. The van der Waals surface area contributed by atoms with E-state index in [0.717, 1.165) is 16.7 Å². The maximum Gasteiger partial charge on any atom is 0.333 e. The molecule has 0 aromatic heterocycles. The Balaban J connectivity index is 1.41. The van der Waals surface area contributed by atoms with Crippen molar-refractivity contribution >= 4 is 34.7 Å². The van der Waals surface area contributed by atoms with Crippen molar-refractivity contribution < 1.29 is 19.1 Å². The number of thioether (sulfide) groups is 1. The number of amidine groups is 1. The van der Waals surface area contributed by atoms with Gasteiger partial charge in [-0.2, -0.15) is 0 Å². The van der Waals surface area contributed by atoms with Crippen LogP contribution in [0, 0.1) is 11.8 Å². The predicted octanol–water partition coefficient (Wildman–Crippen LogP) is 3.93. The molecule has 0 spiro atoms. The lowest BCUT2D eigenvalue weighted by Crippen LogP contribution is -2.61. The molecule has 2 amide bonds. The molecular weight excluding hydrogens is 510 g/mol. The molecule has 7 nitrogen and oxygen atoms in total.